The van der Waals surface area contributed by atoms with Crippen molar-refractivity contribution in [1.82, 2.24) is 38.9 Å². The van der Waals surface area contributed by atoms with Crippen LogP contribution in [0.5, 0.6) is 11.8 Å². The summed E-state index contributed by atoms with van der Waals surface area (Å²) in [7, 11) is 2.34. The van der Waals surface area contributed by atoms with Crippen LogP contribution in [0.4, 0.5) is 35.1 Å². The average Bonchev–Trinajstić information content (AvgIpc) is 3.71. The van der Waals surface area contributed by atoms with Gasteiger partial charge in [0.1, 0.15) is 23.1 Å². The molecule has 1 aliphatic rings. The molecule has 0 saturated heterocycles. The second kappa shape index (κ2) is 11.4. The number of methoxy groups -OCH3 is 2. The van der Waals surface area contributed by atoms with Gasteiger partial charge in [0.25, 0.3) is 6.43 Å². The van der Waals surface area contributed by atoms with Crippen molar-refractivity contribution in [2.45, 2.75) is 44.2 Å². The molecule has 4 aromatic heterocycles. The van der Waals surface area contributed by atoms with Crippen molar-refractivity contribution < 1.29 is 44.6 Å². The summed E-state index contributed by atoms with van der Waals surface area (Å²) in [4.78, 5) is 17.0. The molecule has 0 bridgehead atoms. The molecule has 1 fully saturated rings. The summed E-state index contributed by atoms with van der Waals surface area (Å²) in [5.74, 6) is -3.23. The van der Waals surface area contributed by atoms with Crippen molar-refractivity contribution in [2.75, 3.05) is 14.2 Å². The standard InChI is InChI=1S/C27H21F8N9O2/c1-45-17-7-16(27(33,34)35)41-44(17)20-13(28)5-11(6-14(20)29)9-42-24-15(43(26(42)36)22(32)21(30)31)8-37-23(40-24)18-19(12-3-4-12)38-10-39-25(18)46-2/h5-8,10,12,21-22,36H,3-4,9H2,1-2H3. The van der Waals surface area contributed by atoms with Gasteiger partial charge < -0.3 is 9.47 Å². The predicted molar refractivity (Wildman–Crippen MR) is 141 cm³/mol. The van der Waals surface area contributed by atoms with Crippen LogP contribution in [-0.4, -0.2) is 59.5 Å². The Morgan fingerprint density at radius 1 is 1.00 bits per heavy atom. The lowest BCUT2D eigenvalue weighted by Gasteiger charge is -2.12. The van der Waals surface area contributed by atoms with Crippen LogP contribution in [-0.2, 0) is 12.7 Å². The Bertz CT molecular complexity index is 1990. The zero-order valence-corrected chi connectivity index (χ0v) is 23.7. The first-order valence-corrected chi connectivity index (χ1v) is 13.4. The van der Waals surface area contributed by atoms with Crippen LogP contribution in [0.15, 0.2) is 30.7 Å². The van der Waals surface area contributed by atoms with Gasteiger partial charge in [0.05, 0.1) is 32.7 Å². The van der Waals surface area contributed by atoms with Gasteiger partial charge in [-0.15, -0.1) is 0 Å². The van der Waals surface area contributed by atoms with Gasteiger partial charge in [-0.05, 0) is 30.5 Å². The minimum absolute atomic E-state index is 0.0378. The highest BCUT2D eigenvalue weighted by Gasteiger charge is 2.37. The molecular weight excluding hydrogens is 634 g/mol. The molecule has 4 heterocycles. The lowest BCUT2D eigenvalue weighted by atomic mass is 10.1. The first-order chi connectivity index (χ1) is 21.8. The van der Waals surface area contributed by atoms with Crippen molar-refractivity contribution in [1.29, 1.82) is 5.41 Å². The van der Waals surface area contributed by atoms with Crippen LogP contribution in [0.2, 0.25) is 0 Å². The van der Waals surface area contributed by atoms with Crippen molar-refractivity contribution in [3.8, 4) is 28.8 Å². The summed E-state index contributed by atoms with van der Waals surface area (Å²) in [6.07, 6.45) is -7.56. The maximum atomic E-state index is 15.4. The van der Waals surface area contributed by atoms with Gasteiger partial charge in [0, 0.05) is 12.0 Å². The summed E-state index contributed by atoms with van der Waals surface area (Å²) in [5, 5.41) is 11.8. The fourth-order valence-corrected chi connectivity index (χ4v) is 5.03. The maximum Gasteiger partial charge on any atom is 0.435 e. The fraction of sp³-hybridized carbons (Fsp3) is 0.333. The molecule has 0 amide bonds. The molecule has 6 rings (SSSR count). The summed E-state index contributed by atoms with van der Waals surface area (Å²) >= 11 is 0. The van der Waals surface area contributed by atoms with Gasteiger partial charge in [-0.25, -0.2) is 41.9 Å². The molecule has 0 aliphatic heterocycles. The molecule has 46 heavy (non-hydrogen) atoms. The Hall–Kier alpha value is -5.10. The van der Waals surface area contributed by atoms with Crippen molar-refractivity contribution in [3.63, 3.8) is 0 Å². The van der Waals surface area contributed by atoms with Crippen molar-refractivity contribution in [3.05, 3.63) is 64.9 Å². The quantitative estimate of drug-likeness (QED) is 0.213. The van der Waals surface area contributed by atoms with Gasteiger partial charge in [0.2, 0.25) is 23.7 Å². The number of aromatic nitrogens is 8. The van der Waals surface area contributed by atoms with Crippen molar-refractivity contribution in [2.24, 2.45) is 0 Å². The predicted octanol–water partition coefficient (Wildman–Crippen LogP) is 5.33. The molecule has 1 unspecified atom stereocenters. The minimum atomic E-state index is -4.94. The third-order valence-corrected chi connectivity index (χ3v) is 7.23. The van der Waals surface area contributed by atoms with Crippen LogP contribution in [0.3, 0.4) is 0 Å². The molecule has 5 aromatic rings. The van der Waals surface area contributed by atoms with E-state index in [0.717, 1.165) is 42.8 Å². The van der Waals surface area contributed by atoms with Crippen LogP contribution >= 0.6 is 0 Å². The number of nitrogens with one attached hydrogen (secondary N) is 1. The highest BCUT2D eigenvalue weighted by atomic mass is 19.4. The first-order valence-electron chi connectivity index (χ1n) is 13.4. The number of rotatable bonds is 9. The highest BCUT2D eigenvalue weighted by molar-refractivity contribution is 5.76. The van der Waals surface area contributed by atoms with Crippen LogP contribution < -0.4 is 15.1 Å². The average molecular weight is 656 g/mol. The van der Waals surface area contributed by atoms with Crippen molar-refractivity contribution >= 4 is 11.2 Å². The van der Waals surface area contributed by atoms with E-state index in [1.807, 2.05) is 0 Å². The molecular formula is C27H21F8N9O2. The van der Waals surface area contributed by atoms with E-state index in [9.17, 15) is 26.3 Å². The topological polar surface area (TPSA) is 122 Å². The monoisotopic (exact) mass is 655 g/mol. The van der Waals surface area contributed by atoms with Gasteiger partial charge in [-0.3, -0.25) is 14.5 Å². The fourth-order valence-electron chi connectivity index (χ4n) is 5.03. The highest BCUT2D eigenvalue weighted by Crippen LogP contribution is 2.45. The third kappa shape index (κ3) is 5.28. The number of hydrogen-bond donors (Lipinski definition) is 1. The van der Waals surface area contributed by atoms with E-state index in [1.165, 1.54) is 13.4 Å². The molecule has 0 spiro atoms. The lowest BCUT2D eigenvalue weighted by Crippen LogP contribution is -2.29. The van der Waals surface area contributed by atoms with Gasteiger partial charge in [-0.2, -0.15) is 23.0 Å². The number of alkyl halides is 6. The summed E-state index contributed by atoms with van der Waals surface area (Å²) in [6.45, 7) is -0.606. The minimum Gasteiger partial charge on any atom is -0.481 e. The normalized spacial score (nSPS) is 14.3. The van der Waals surface area contributed by atoms with E-state index < -0.39 is 60.0 Å². The summed E-state index contributed by atoms with van der Waals surface area (Å²) < 4.78 is 124. The number of nitrogens with zero attached hydrogens (tertiary/aromatic N) is 8. The van der Waals surface area contributed by atoms with E-state index in [1.54, 1.807) is 0 Å². The number of hydrogen-bond acceptors (Lipinski definition) is 8. The van der Waals surface area contributed by atoms with Gasteiger partial charge in [0.15, 0.2) is 28.8 Å². The number of fused-ring (bicyclic) bond motifs is 1. The smallest absolute Gasteiger partial charge is 0.435 e. The van der Waals surface area contributed by atoms with Gasteiger partial charge >= 0.3 is 6.18 Å². The van der Waals surface area contributed by atoms with Gasteiger partial charge in [-0.1, -0.05) is 0 Å². The molecule has 19 heteroatoms. The molecule has 1 atom stereocenters. The van der Waals surface area contributed by atoms with Crippen LogP contribution in [0.25, 0.3) is 28.2 Å². The largest absolute Gasteiger partial charge is 0.481 e. The number of halogens is 8. The van der Waals surface area contributed by atoms with E-state index in [4.69, 9.17) is 14.9 Å². The maximum absolute atomic E-state index is 15.4. The molecule has 1 N–H and O–H groups in total. The SMILES string of the molecule is COc1ncnc(C2CC2)c1-c1ncc2c(n1)n(Cc1cc(F)c(-n3nc(C(F)(F)F)cc3OC)c(F)c1)c(=N)n2C(F)C(F)F. The number of imidazole rings is 1. The Balaban J connectivity index is 1.49. The molecule has 11 nitrogen and oxygen atoms in total. The Kier molecular flexibility index (Phi) is 7.63. The van der Waals surface area contributed by atoms with E-state index in [-0.39, 0.29) is 34.3 Å². The molecule has 1 aromatic carbocycles. The van der Waals surface area contributed by atoms with E-state index in [0.29, 0.717) is 26.6 Å². The van der Waals surface area contributed by atoms with E-state index in [2.05, 4.69) is 25.0 Å². The Labute approximate surface area is 252 Å². The molecule has 242 valence electrons. The molecule has 1 aliphatic carbocycles. The second-order valence-corrected chi connectivity index (χ2v) is 10.2. The number of benzene rings is 1. The zero-order chi connectivity index (χ0) is 33.1. The Morgan fingerprint density at radius 2 is 1.70 bits per heavy atom. The first kappa shape index (κ1) is 30.9. The Morgan fingerprint density at radius 3 is 2.28 bits per heavy atom. The summed E-state index contributed by atoms with van der Waals surface area (Å²) in [5.41, 5.74) is -3.25. The summed E-state index contributed by atoms with van der Waals surface area (Å²) in [6, 6.07) is 1.94. The zero-order valence-electron chi connectivity index (χ0n) is 23.7. The molecule has 0 radical (unpaired) electrons. The van der Waals surface area contributed by atoms with E-state index >= 15 is 8.78 Å². The molecule has 1 saturated carbocycles. The third-order valence-electron chi connectivity index (χ3n) is 7.23. The van der Waals surface area contributed by atoms with Crippen LogP contribution in [0, 0.1) is 17.0 Å². The number of ether oxygens (including phenoxy) is 2. The van der Waals surface area contributed by atoms with Crippen LogP contribution in [0.1, 0.15) is 42.0 Å². The lowest BCUT2D eigenvalue weighted by molar-refractivity contribution is -0.141. The second-order valence-electron chi connectivity index (χ2n) is 10.2.